The third-order valence-electron chi connectivity index (χ3n) is 2.16. The Kier molecular flexibility index (Phi) is 5.47. The van der Waals surface area contributed by atoms with Gasteiger partial charge in [-0.2, -0.15) is 17.4 Å². The summed E-state index contributed by atoms with van der Waals surface area (Å²) in [6.07, 6.45) is 0. The molecule has 1 aliphatic rings. The maximum Gasteiger partial charge on any atom is 0.322 e. The number of hydrogen-bond donors (Lipinski definition) is 3. The zero-order chi connectivity index (χ0) is 13.6. The van der Waals surface area contributed by atoms with Gasteiger partial charge in [-0.25, -0.2) is 0 Å². The molecule has 0 aromatic carbocycles. The van der Waals surface area contributed by atoms with Crippen molar-refractivity contribution in [2.24, 2.45) is 0 Å². The van der Waals surface area contributed by atoms with Gasteiger partial charge in [-0.15, -0.1) is 0 Å². The fourth-order valence-corrected chi connectivity index (χ4v) is 2.40. The van der Waals surface area contributed by atoms with Crippen molar-refractivity contribution in [3.63, 3.8) is 0 Å². The molecule has 1 fully saturated rings. The number of ether oxygens (including phenoxy) is 1. The van der Waals surface area contributed by atoms with Gasteiger partial charge in [-0.3, -0.25) is 9.59 Å². The molecule has 3 N–H and O–H groups in total. The smallest absolute Gasteiger partial charge is 0.322 e. The van der Waals surface area contributed by atoms with Crippen molar-refractivity contribution in [3.05, 3.63) is 0 Å². The molecule has 1 heterocycles. The maximum atomic E-state index is 11.7. The molecule has 0 aromatic rings. The fourth-order valence-electron chi connectivity index (χ4n) is 1.27. The molecule has 104 valence electrons. The molecule has 0 aliphatic carbocycles. The van der Waals surface area contributed by atoms with E-state index in [0.717, 1.165) is 0 Å². The molecule has 0 unspecified atom stereocenters. The van der Waals surface area contributed by atoms with E-state index in [0.29, 0.717) is 13.2 Å². The van der Waals surface area contributed by atoms with Gasteiger partial charge in [0, 0.05) is 13.1 Å². The van der Waals surface area contributed by atoms with Crippen molar-refractivity contribution >= 4 is 22.1 Å². The van der Waals surface area contributed by atoms with Gasteiger partial charge >= 0.3 is 5.97 Å². The van der Waals surface area contributed by atoms with Crippen molar-refractivity contribution in [2.75, 3.05) is 39.4 Å². The van der Waals surface area contributed by atoms with Crippen LogP contribution in [0.5, 0.6) is 0 Å². The van der Waals surface area contributed by atoms with E-state index in [2.05, 4.69) is 4.72 Å². The number of carboxylic acid groups (broad SMARTS) is 1. The van der Waals surface area contributed by atoms with Gasteiger partial charge in [-0.1, -0.05) is 0 Å². The number of morpholine rings is 1. The first-order valence-electron chi connectivity index (χ1n) is 5.23. The Morgan fingerprint density at radius 1 is 1.22 bits per heavy atom. The predicted molar refractivity (Wildman–Crippen MR) is 60.0 cm³/mol. The molecule has 10 heteroatoms. The Hall–Kier alpha value is -1.23. The molecular formula is C8H15N3O6S. The highest BCUT2D eigenvalue weighted by atomic mass is 32.2. The third kappa shape index (κ3) is 4.96. The summed E-state index contributed by atoms with van der Waals surface area (Å²) in [5, 5.41) is 10.4. The maximum absolute atomic E-state index is 11.7. The van der Waals surface area contributed by atoms with Crippen molar-refractivity contribution in [3.8, 4) is 0 Å². The van der Waals surface area contributed by atoms with E-state index in [1.165, 1.54) is 4.31 Å². The number of aliphatic carboxylic acids is 1. The molecule has 0 bridgehead atoms. The molecule has 0 spiro atoms. The number of nitrogens with one attached hydrogen (secondary N) is 2. The van der Waals surface area contributed by atoms with Crippen LogP contribution in [0.2, 0.25) is 0 Å². The Morgan fingerprint density at radius 3 is 2.39 bits per heavy atom. The quantitative estimate of drug-likeness (QED) is 0.488. The van der Waals surface area contributed by atoms with Crippen molar-refractivity contribution < 1.29 is 27.9 Å². The first-order chi connectivity index (χ1) is 8.42. The minimum Gasteiger partial charge on any atom is -0.480 e. The van der Waals surface area contributed by atoms with Crippen LogP contribution in [0.1, 0.15) is 0 Å². The van der Waals surface area contributed by atoms with Gasteiger partial charge in [0.25, 0.3) is 10.2 Å². The summed E-state index contributed by atoms with van der Waals surface area (Å²) in [6, 6.07) is 0. The van der Waals surface area contributed by atoms with Crippen molar-refractivity contribution in [2.45, 2.75) is 0 Å². The summed E-state index contributed by atoms with van der Waals surface area (Å²) in [6.45, 7) is 0.0431. The van der Waals surface area contributed by atoms with E-state index in [-0.39, 0.29) is 13.1 Å². The van der Waals surface area contributed by atoms with Gasteiger partial charge in [0.05, 0.1) is 19.8 Å². The van der Waals surface area contributed by atoms with Crippen LogP contribution >= 0.6 is 0 Å². The lowest BCUT2D eigenvalue weighted by atomic mass is 10.5. The van der Waals surface area contributed by atoms with Crippen LogP contribution in [-0.2, 0) is 24.5 Å². The lowest BCUT2D eigenvalue weighted by molar-refractivity contribution is -0.137. The van der Waals surface area contributed by atoms with Gasteiger partial charge in [0.2, 0.25) is 5.91 Å². The molecule has 0 atom stereocenters. The summed E-state index contributed by atoms with van der Waals surface area (Å²) in [4.78, 5) is 21.3. The van der Waals surface area contributed by atoms with Gasteiger partial charge < -0.3 is 15.2 Å². The number of carbonyl (C=O) groups is 2. The summed E-state index contributed by atoms with van der Waals surface area (Å²) < 4.78 is 31.6. The van der Waals surface area contributed by atoms with Gasteiger partial charge in [-0.05, 0) is 0 Å². The van der Waals surface area contributed by atoms with Gasteiger partial charge in [0.15, 0.2) is 0 Å². The largest absolute Gasteiger partial charge is 0.480 e. The normalized spacial score (nSPS) is 17.3. The monoisotopic (exact) mass is 281 g/mol. The summed E-state index contributed by atoms with van der Waals surface area (Å²) in [5.74, 6) is -1.89. The van der Waals surface area contributed by atoms with E-state index < -0.39 is 35.2 Å². The lowest BCUT2D eigenvalue weighted by Gasteiger charge is -2.25. The van der Waals surface area contributed by atoms with E-state index in [4.69, 9.17) is 9.84 Å². The molecule has 1 saturated heterocycles. The molecule has 1 amide bonds. The highest BCUT2D eigenvalue weighted by molar-refractivity contribution is 7.87. The molecular weight excluding hydrogens is 266 g/mol. The number of nitrogens with zero attached hydrogens (tertiary/aromatic N) is 1. The average molecular weight is 281 g/mol. The first kappa shape index (κ1) is 14.8. The second-order valence-electron chi connectivity index (χ2n) is 3.51. The van der Waals surface area contributed by atoms with Crippen LogP contribution < -0.4 is 10.0 Å². The van der Waals surface area contributed by atoms with Crippen LogP contribution in [0.15, 0.2) is 0 Å². The number of carbonyl (C=O) groups excluding carboxylic acids is 1. The van der Waals surface area contributed by atoms with Crippen molar-refractivity contribution in [1.82, 2.24) is 14.3 Å². The fraction of sp³-hybridized carbons (Fsp3) is 0.750. The average Bonchev–Trinajstić information content (AvgIpc) is 2.35. The van der Waals surface area contributed by atoms with E-state index in [1.807, 2.05) is 5.32 Å². The summed E-state index contributed by atoms with van der Waals surface area (Å²) in [7, 11) is -3.72. The highest BCUT2D eigenvalue weighted by Gasteiger charge is 2.24. The van der Waals surface area contributed by atoms with Crippen LogP contribution in [0, 0.1) is 0 Å². The third-order valence-corrected chi connectivity index (χ3v) is 3.72. The predicted octanol–water partition coefficient (Wildman–Crippen LogP) is -2.65. The second-order valence-corrected chi connectivity index (χ2v) is 5.26. The zero-order valence-electron chi connectivity index (χ0n) is 9.59. The SMILES string of the molecule is O=C(O)CNC(=O)CNS(=O)(=O)N1CCOCC1. The lowest BCUT2D eigenvalue weighted by Crippen LogP contribution is -2.49. The zero-order valence-corrected chi connectivity index (χ0v) is 10.4. The van der Waals surface area contributed by atoms with Crippen LogP contribution in [0.4, 0.5) is 0 Å². The summed E-state index contributed by atoms with van der Waals surface area (Å²) in [5.41, 5.74) is 0. The number of carboxylic acids is 1. The minimum atomic E-state index is -3.72. The minimum absolute atomic E-state index is 0.228. The van der Waals surface area contributed by atoms with E-state index >= 15 is 0 Å². The standard InChI is InChI=1S/C8H15N3O6S/c12-7(9-6-8(13)14)5-10-18(15,16)11-1-3-17-4-2-11/h10H,1-6H2,(H,9,12)(H,13,14). The molecule has 1 rings (SSSR count). The molecule has 0 saturated carbocycles. The Balaban J connectivity index is 2.36. The molecule has 0 aromatic heterocycles. The number of hydrogen-bond acceptors (Lipinski definition) is 5. The van der Waals surface area contributed by atoms with E-state index in [9.17, 15) is 18.0 Å². The number of amides is 1. The van der Waals surface area contributed by atoms with Crippen LogP contribution in [0.3, 0.4) is 0 Å². The topological polar surface area (TPSA) is 125 Å². The van der Waals surface area contributed by atoms with Gasteiger partial charge in [0.1, 0.15) is 6.54 Å². The van der Waals surface area contributed by atoms with Crippen LogP contribution in [0.25, 0.3) is 0 Å². The molecule has 18 heavy (non-hydrogen) atoms. The highest BCUT2D eigenvalue weighted by Crippen LogP contribution is 2.01. The first-order valence-corrected chi connectivity index (χ1v) is 6.67. The number of rotatable bonds is 6. The Morgan fingerprint density at radius 2 is 1.83 bits per heavy atom. The van der Waals surface area contributed by atoms with Crippen LogP contribution in [-0.4, -0.2) is 69.1 Å². The molecule has 1 aliphatic heterocycles. The Bertz CT molecular complexity index is 403. The second kappa shape index (κ2) is 6.64. The Labute approximate surface area is 104 Å². The van der Waals surface area contributed by atoms with Crippen molar-refractivity contribution in [1.29, 1.82) is 0 Å². The van der Waals surface area contributed by atoms with E-state index in [1.54, 1.807) is 0 Å². The molecule has 9 nitrogen and oxygen atoms in total. The molecule has 0 radical (unpaired) electrons. The summed E-state index contributed by atoms with van der Waals surface area (Å²) >= 11 is 0.